The fourth-order valence-corrected chi connectivity index (χ4v) is 4.96. The number of ether oxygens (including phenoxy) is 3. The van der Waals surface area contributed by atoms with E-state index in [2.05, 4.69) is 41.7 Å². The molecule has 3 rings (SSSR count). The van der Waals surface area contributed by atoms with E-state index >= 15 is 0 Å². The van der Waals surface area contributed by atoms with Crippen molar-refractivity contribution in [3.05, 3.63) is 95.6 Å². The summed E-state index contributed by atoms with van der Waals surface area (Å²) in [7, 11) is 0. The third-order valence-corrected chi connectivity index (χ3v) is 7.22. The normalized spacial score (nSPS) is 11.5. The number of esters is 2. The predicted octanol–water partition coefficient (Wildman–Crippen LogP) is 8.05. The van der Waals surface area contributed by atoms with Gasteiger partial charge in [0.05, 0.1) is 31.1 Å². The fourth-order valence-electron chi connectivity index (χ4n) is 4.96. The number of anilines is 1. The number of carbonyl (C=O) groups is 2. The van der Waals surface area contributed by atoms with Crippen LogP contribution in [0.5, 0.6) is 5.75 Å². The zero-order valence-electron chi connectivity index (χ0n) is 25.3. The van der Waals surface area contributed by atoms with Crippen LogP contribution in [-0.2, 0) is 27.1 Å². The molecule has 0 heterocycles. The predicted molar refractivity (Wildman–Crippen MR) is 169 cm³/mol. The van der Waals surface area contributed by atoms with Crippen molar-refractivity contribution in [3.63, 3.8) is 0 Å². The Morgan fingerprint density at radius 3 is 2.24 bits per heavy atom. The SMILES string of the molecule is CCOC(=O)CCCCC(CNc1ccccc1OCCCCCc1ccccc1)Cc1ccc(C(=O)OCC)cc1. The molecule has 0 aliphatic rings. The lowest BCUT2D eigenvalue weighted by Gasteiger charge is -2.20. The highest BCUT2D eigenvalue weighted by Gasteiger charge is 2.14. The minimum atomic E-state index is -0.297. The highest BCUT2D eigenvalue weighted by Crippen LogP contribution is 2.26. The van der Waals surface area contributed by atoms with Crippen LogP contribution >= 0.6 is 0 Å². The van der Waals surface area contributed by atoms with Crippen LogP contribution in [-0.4, -0.2) is 38.3 Å². The lowest BCUT2D eigenvalue weighted by Crippen LogP contribution is -2.18. The molecule has 226 valence electrons. The Hall–Kier alpha value is -3.80. The summed E-state index contributed by atoms with van der Waals surface area (Å²) in [5, 5.41) is 3.63. The molecule has 0 aliphatic carbocycles. The van der Waals surface area contributed by atoms with Gasteiger partial charge in [-0.15, -0.1) is 0 Å². The van der Waals surface area contributed by atoms with Crippen molar-refractivity contribution in [2.45, 2.75) is 71.6 Å². The Morgan fingerprint density at radius 1 is 0.738 bits per heavy atom. The van der Waals surface area contributed by atoms with Gasteiger partial charge >= 0.3 is 11.9 Å². The van der Waals surface area contributed by atoms with Crippen molar-refractivity contribution in [1.29, 1.82) is 0 Å². The smallest absolute Gasteiger partial charge is 0.338 e. The maximum atomic E-state index is 12.0. The summed E-state index contributed by atoms with van der Waals surface area (Å²) in [5.41, 5.74) is 4.12. The van der Waals surface area contributed by atoms with Crippen LogP contribution in [0.3, 0.4) is 0 Å². The molecule has 0 aromatic heterocycles. The molecule has 1 unspecified atom stereocenters. The van der Waals surface area contributed by atoms with Gasteiger partial charge in [-0.25, -0.2) is 4.79 Å². The summed E-state index contributed by atoms with van der Waals surface area (Å²) in [6.07, 6.45) is 8.44. The summed E-state index contributed by atoms with van der Waals surface area (Å²) in [5.74, 6) is 0.786. The lowest BCUT2D eigenvalue weighted by molar-refractivity contribution is -0.143. The zero-order valence-corrected chi connectivity index (χ0v) is 25.3. The number of aryl methyl sites for hydroxylation is 1. The molecule has 0 bridgehead atoms. The Kier molecular flexibility index (Phi) is 15.1. The molecule has 0 radical (unpaired) electrons. The number of hydrogen-bond donors (Lipinski definition) is 1. The van der Waals surface area contributed by atoms with Gasteiger partial charge in [-0.05, 0) is 100 Å². The Labute approximate surface area is 251 Å². The summed E-state index contributed by atoms with van der Waals surface area (Å²) in [4.78, 5) is 23.8. The molecule has 0 aliphatic heterocycles. The zero-order chi connectivity index (χ0) is 29.8. The van der Waals surface area contributed by atoms with Crippen LogP contribution in [0.15, 0.2) is 78.9 Å². The molecule has 3 aromatic carbocycles. The summed E-state index contributed by atoms with van der Waals surface area (Å²) >= 11 is 0. The maximum absolute atomic E-state index is 12.0. The van der Waals surface area contributed by atoms with E-state index in [1.807, 2.05) is 56.3 Å². The number of rotatable bonds is 20. The van der Waals surface area contributed by atoms with Crippen LogP contribution in [0.25, 0.3) is 0 Å². The van der Waals surface area contributed by atoms with E-state index < -0.39 is 0 Å². The van der Waals surface area contributed by atoms with E-state index in [1.54, 1.807) is 0 Å². The number of benzene rings is 3. The van der Waals surface area contributed by atoms with Gasteiger partial charge in [-0.2, -0.15) is 0 Å². The van der Waals surface area contributed by atoms with Crippen molar-refractivity contribution in [2.75, 3.05) is 31.7 Å². The van der Waals surface area contributed by atoms with Crippen molar-refractivity contribution < 1.29 is 23.8 Å². The van der Waals surface area contributed by atoms with Crippen molar-refractivity contribution in [2.24, 2.45) is 5.92 Å². The molecule has 6 heteroatoms. The Morgan fingerprint density at radius 2 is 1.48 bits per heavy atom. The van der Waals surface area contributed by atoms with Gasteiger partial charge in [-0.1, -0.05) is 61.0 Å². The molecule has 1 atom stereocenters. The Bertz CT molecular complexity index is 1180. The molecule has 42 heavy (non-hydrogen) atoms. The van der Waals surface area contributed by atoms with E-state index in [1.165, 1.54) is 11.1 Å². The van der Waals surface area contributed by atoms with E-state index in [0.717, 1.165) is 69.3 Å². The van der Waals surface area contributed by atoms with Gasteiger partial charge in [0.1, 0.15) is 5.75 Å². The minimum absolute atomic E-state index is 0.132. The first kappa shape index (κ1) is 32.7. The van der Waals surface area contributed by atoms with Gasteiger partial charge < -0.3 is 19.5 Å². The summed E-state index contributed by atoms with van der Waals surface area (Å²) < 4.78 is 16.4. The standard InChI is InChI=1S/C36H47NO5/c1-3-40-35(38)21-13-10-18-31(27-30-22-24-32(25-23-30)36(39)41-4-2)28-37-33-19-11-12-20-34(33)42-26-14-6-9-17-29-15-7-5-8-16-29/h5,7-8,11-12,15-16,19-20,22-25,31,37H,3-4,6,9-10,13-14,17-18,21,26-28H2,1-2H3. The van der Waals surface area contributed by atoms with Gasteiger partial charge in [0.15, 0.2) is 0 Å². The second-order valence-corrected chi connectivity index (χ2v) is 10.6. The van der Waals surface area contributed by atoms with Gasteiger partial charge in [0.2, 0.25) is 0 Å². The monoisotopic (exact) mass is 573 g/mol. The van der Waals surface area contributed by atoms with Gasteiger partial charge in [0, 0.05) is 13.0 Å². The first-order valence-electron chi connectivity index (χ1n) is 15.5. The molecule has 0 fully saturated rings. The molecular formula is C36H47NO5. The summed E-state index contributed by atoms with van der Waals surface area (Å²) in [6, 6.07) is 26.4. The molecule has 0 saturated heterocycles. The summed E-state index contributed by atoms with van der Waals surface area (Å²) in [6.45, 7) is 5.89. The topological polar surface area (TPSA) is 73.9 Å². The lowest BCUT2D eigenvalue weighted by atomic mass is 9.93. The molecule has 0 saturated carbocycles. The van der Waals surface area contributed by atoms with Crippen LogP contribution in [0.1, 0.15) is 80.3 Å². The molecule has 0 amide bonds. The number of para-hydroxylation sites is 2. The third-order valence-electron chi connectivity index (χ3n) is 7.22. The first-order chi connectivity index (χ1) is 20.6. The molecule has 6 nitrogen and oxygen atoms in total. The van der Waals surface area contributed by atoms with Gasteiger partial charge in [0.25, 0.3) is 0 Å². The minimum Gasteiger partial charge on any atom is -0.491 e. The second kappa shape index (κ2) is 19.3. The Balaban J connectivity index is 1.52. The van der Waals surface area contributed by atoms with E-state index in [9.17, 15) is 9.59 Å². The second-order valence-electron chi connectivity index (χ2n) is 10.6. The molecule has 1 N–H and O–H groups in total. The number of unbranched alkanes of at least 4 members (excludes halogenated alkanes) is 3. The van der Waals surface area contributed by atoms with Crippen LogP contribution in [0, 0.1) is 5.92 Å². The van der Waals surface area contributed by atoms with Crippen molar-refractivity contribution in [1.82, 2.24) is 0 Å². The highest BCUT2D eigenvalue weighted by molar-refractivity contribution is 5.89. The average molecular weight is 574 g/mol. The van der Waals surface area contributed by atoms with Crippen molar-refractivity contribution in [3.8, 4) is 5.75 Å². The van der Waals surface area contributed by atoms with E-state index in [-0.39, 0.29) is 11.9 Å². The fraction of sp³-hybridized carbons (Fsp3) is 0.444. The number of hydrogen-bond acceptors (Lipinski definition) is 6. The number of nitrogens with one attached hydrogen (secondary N) is 1. The molecule has 3 aromatic rings. The highest BCUT2D eigenvalue weighted by atomic mass is 16.5. The van der Waals surface area contributed by atoms with Crippen molar-refractivity contribution >= 4 is 17.6 Å². The molecular weight excluding hydrogens is 526 g/mol. The van der Waals surface area contributed by atoms with E-state index in [4.69, 9.17) is 14.2 Å². The van der Waals surface area contributed by atoms with E-state index in [0.29, 0.717) is 37.7 Å². The third kappa shape index (κ3) is 12.4. The largest absolute Gasteiger partial charge is 0.491 e. The quantitative estimate of drug-likeness (QED) is 0.109. The average Bonchev–Trinajstić information content (AvgIpc) is 3.01. The number of carbonyl (C=O) groups excluding carboxylic acids is 2. The molecule has 0 spiro atoms. The van der Waals surface area contributed by atoms with Crippen LogP contribution in [0.2, 0.25) is 0 Å². The van der Waals surface area contributed by atoms with Crippen LogP contribution < -0.4 is 10.1 Å². The van der Waals surface area contributed by atoms with Crippen LogP contribution in [0.4, 0.5) is 5.69 Å². The first-order valence-corrected chi connectivity index (χ1v) is 15.5. The maximum Gasteiger partial charge on any atom is 0.338 e. The van der Waals surface area contributed by atoms with Gasteiger partial charge in [-0.3, -0.25) is 4.79 Å².